The molecule has 2 heterocycles. The summed E-state index contributed by atoms with van der Waals surface area (Å²) in [5.74, 6) is 0.631. The average Bonchev–Trinajstić information content (AvgIpc) is 2.63. The molecule has 0 spiro atoms. The summed E-state index contributed by atoms with van der Waals surface area (Å²) in [6, 6.07) is 9.31. The van der Waals surface area contributed by atoms with E-state index in [0.29, 0.717) is 43.6 Å². The first-order valence-corrected chi connectivity index (χ1v) is 8.26. The van der Waals surface area contributed by atoms with E-state index in [1.807, 2.05) is 29.2 Å². The molecule has 1 saturated heterocycles. The maximum absolute atomic E-state index is 12.4. The maximum atomic E-state index is 12.4. The van der Waals surface area contributed by atoms with Crippen LogP contribution in [0.1, 0.15) is 18.1 Å². The van der Waals surface area contributed by atoms with Gasteiger partial charge in [-0.3, -0.25) is 4.79 Å². The molecule has 24 heavy (non-hydrogen) atoms. The zero-order valence-corrected chi connectivity index (χ0v) is 13.9. The number of aromatic nitrogens is 2. The van der Waals surface area contributed by atoms with E-state index in [1.165, 1.54) is 0 Å². The number of halogens is 1. The van der Waals surface area contributed by atoms with Gasteiger partial charge in [0.15, 0.2) is 0 Å². The first-order valence-electron chi connectivity index (χ1n) is 7.88. The largest absolute Gasteiger partial charge is 0.370 e. The quantitative estimate of drug-likeness (QED) is 0.901. The zero-order chi connectivity index (χ0) is 16.8. The Labute approximate surface area is 145 Å². The summed E-state index contributed by atoms with van der Waals surface area (Å²) in [7, 11) is 0. The van der Waals surface area contributed by atoms with Crippen molar-refractivity contribution in [2.45, 2.75) is 12.5 Å². The van der Waals surface area contributed by atoms with Crippen LogP contribution in [-0.2, 0) is 9.53 Å². The van der Waals surface area contributed by atoms with Crippen molar-refractivity contribution < 1.29 is 9.53 Å². The lowest BCUT2D eigenvalue weighted by Gasteiger charge is -2.33. The van der Waals surface area contributed by atoms with Gasteiger partial charge in [0.2, 0.25) is 11.9 Å². The van der Waals surface area contributed by atoms with E-state index < -0.39 is 0 Å². The predicted molar refractivity (Wildman–Crippen MR) is 91.9 cm³/mol. The molecule has 1 aromatic carbocycles. The van der Waals surface area contributed by atoms with E-state index >= 15 is 0 Å². The highest BCUT2D eigenvalue weighted by Crippen LogP contribution is 2.24. The number of benzene rings is 1. The molecule has 6 nitrogen and oxygen atoms in total. The van der Waals surface area contributed by atoms with Crippen LogP contribution in [0, 0.1) is 0 Å². The zero-order valence-electron chi connectivity index (χ0n) is 13.2. The number of rotatable bonds is 5. The van der Waals surface area contributed by atoms with Gasteiger partial charge in [-0.25, -0.2) is 9.97 Å². The molecular weight excluding hydrogens is 328 g/mol. The van der Waals surface area contributed by atoms with Gasteiger partial charge < -0.3 is 15.0 Å². The number of morpholine rings is 1. The minimum absolute atomic E-state index is 0.0979. The van der Waals surface area contributed by atoms with Crippen LogP contribution < -0.4 is 5.32 Å². The number of ether oxygens (including phenoxy) is 1. The molecule has 0 bridgehead atoms. The number of nitrogens with one attached hydrogen (secondary N) is 1. The SMILES string of the molecule is O=C(CCNc1ncccn1)N1CCO[C@@H](c2ccc(Cl)cc2)C1. The van der Waals surface area contributed by atoms with Gasteiger partial charge in [0.05, 0.1) is 13.2 Å². The van der Waals surface area contributed by atoms with Gasteiger partial charge in [-0.05, 0) is 23.8 Å². The fourth-order valence-electron chi connectivity index (χ4n) is 2.58. The second-order valence-corrected chi connectivity index (χ2v) is 5.94. The molecule has 1 amide bonds. The summed E-state index contributed by atoms with van der Waals surface area (Å²) in [6.45, 7) is 2.22. The molecule has 2 aromatic rings. The topological polar surface area (TPSA) is 67.4 Å². The van der Waals surface area contributed by atoms with Crippen LogP contribution in [-0.4, -0.2) is 47.0 Å². The van der Waals surface area contributed by atoms with Crippen molar-refractivity contribution in [1.29, 1.82) is 0 Å². The number of amides is 1. The number of nitrogens with zero attached hydrogens (tertiary/aromatic N) is 3. The van der Waals surface area contributed by atoms with Crippen LogP contribution in [0.25, 0.3) is 0 Å². The summed E-state index contributed by atoms with van der Waals surface area (Å²) in [6.07, 6.45) is 3.61. The Bertz CT molecular complexity index is 666. The van der Waals surface area contributed by atoms with Gasteiger partial charge in [0.1, 0.15) is 6.10 Å². The third kappa shape index (κ3) is 4.43. The Kier molecular flexibility index (Phi) is 5.61. The van der Waals surface area contributed by atoms with Gasteiger partial charge >= 0.3 is 0 Å². The smallest absolute Gasteiger partial charge is 0.224 e. The molecule has 0 radical (unpaired) electrons. The molecule has 1 aromatic heterocycles. The van der Waals surface area contributed by atoms with Gasteiger partial charge in [-0.15, -0.1) is 0 Å². The highest BCUT2D eigenvalue weighted by Gasteiger charge is 2.25. The summed E-state index contributed by atoms with van der Waals surface area (Å²) < 4.78 is 5.79. The van der Waals surface area contributed by atoms with Crippen LogP contribution >= 0.6 is 11.6 Å². The third-order valence-electron chi connectivity index (χ3n) is 3.85. The summed E-state index contributed by atoms with van der Waals surface area (Å²) in [5.41, 5.74) is 1.03. The maximum Gasteiger partial charge on any atom is 0.224 e. The Morgan fingerprint density at radius 1 is 1.29 bits per heavy atom. The van der Waals surface area contributed by atoms with Crippen molar-refractivity contribution in [2.24, 2.45) is 0 Å². The summed E-state index contributed by atoms with van der Waals surface area (Å²) in [4.78, 5) is 22.4. The Morgan fingerprint density at radius 2 is 2.04 bits per heavy atom. The number of anilines is 1. The van der Waals surface area contributed by atoms with Gasteiger partial charge in [0.25, 0.3) is 0 Å². The van der Waals surface area contributed by atoms with Crippen molar-refractivity contribution in [3.05, 3.63) is 53.3 Å². The van der Waals surface area contributed by atoms with Crippen molar-refractivity contribution in [3.63, 3.8) is 0 Å². The summed E-state index contributed by atoms with van der Waals surface area (Å²) >= 11 is 5.91. The minimum atomic E-state index is -0.106. The van der Waals surface area contributed by atoms with Crippen LogP contribution in [0.15, 0.2) is 42.7 Å². The van der Waals surface area contributed by atoms with Gasteiger partial charge in [-0.1, -0.05) is 23.7 Å². The molecule has 1 N–H and O–H groups in total. The molecule has 7 heteroatoms. The van der Waals surface area contributed by atoms with Crippen LogP contribution in [0.5, 0.6) is 0 Å². The lowest BCUT2D eigenvalue weighted by atomic mass is 10.1. The predicted octanol–water partition coefficient (Wildman–Crippen LogP) is 2.53. The highest BCUT2D eigenvalue weighted by atomic mass is 35.5. The second-order valence-electron chi connectivity index (χ2n) is 5.50. The van der Waals surface area contributed by atoms with E-state index in [-0.39, 0.29) is 12.0 Å². The molecule has 0 aliphatic carbocycles. The lowest BCUT2D eigenvalue weighted by molar-refractivity contribution is -0.138. The first-order chi connectivity index (χ1) is 11.7. The summed E-state index contributed by atoms with van der Waals surface area (Å²) in [5, 5.41) is 3.74. The normalized spacial score (nSPS) is 17.5. The van der Waals surface area contributed by atoms with Gasteiger partial charge in [0, 0.05) is 36.9 Å². The van der Waals surface area contributed by atoms with E-state index in [0.717, 1.165) is 5.56 Å². The molecule has 1 atom stereocenters. The Hall–Kier alpha value is -2.18. The number of hydrogen-bond acceptors (Lipinski definition) is 5. The van der Waals surface area contributed by atoms with Crippen LogP contribution in [0.2, 0.25) is 5.02 Å². The molecule has 3 rings (SSSR count). The van der Waals surface area contributed by atoms with Gasteiger partial charge in [-0.2, -0.15) is 0 Å². The van der Waals surface area contributed by atoms with Crippen molar-refractivity contribution >= 4 is 23.5 Å². The standard InChI is InChI=1S/C17H19ClN4O2/c18-14-4-2-13(3-5-14)15-12-22(10-11-24-15)16(23)6-9-21-17-19-7-1-8-20-17/h1-5,7-8,15H,6,9-12H2,(H,19,20,21)/t15-/m1/s1. The molecule has 0 saturated carbocycles. The fourth-order valence-corrected chi connectivity index (χ4v) is 2.71. The molecule has 126 valence electrons. The average molecular weight is 347 g/mol. The number of carbonyl (C=O) groups is 1. The van der Waals surface area contributed by atoms with Crippen LogP contribution in [0.3, 0.4) is 0 Å². The van der Waals surface area contributed by atoms with Crippen molar-refractivity contribution in [1.82, 2.24) is 14.9 Å². The third-order valence-corrected chi connectivity index (χ3v) is 4.10. The fraction of sp³-hybridized carbons (Fsp3) is 0.353. The molecule has 1 fully saturated rings. The minimum Gasteiger partial charge on any atom is -0.370 e. The van der Waals surface area contributed by atoms with E-state index in [4.69, 9.17) is 16.3 Å². The molecule has 0 unspecified atom stereocenters. The second kappa shape index (κ2) is 8.08. The number of carbonyl (C=O) groups excluding carboxylic acids is 1. The van der Waals surface area contributed by atoms with E-state index in [1.54, 1.807) is 18.5 Å². The van der Waals surface area contributed by atoms with E-state index in [9.17, 15) is 4.79 Å². The lowest BCUT2D eigenvalue weighted by Crippen LogP contribution is -2.42. The van der Waals surface area contributed by atoms with Crippen molar-refractivity contribution in [3.8, 4) is 0 Å². The van der Waals surface area contributed by atoms with Crippen LogP contribution in [0.4, 0.5) is 5.95 Å². The number of hydrogen-bond donors (Lipinski definition) is 1. The Morgan fingerprint density at radius 3 is 2.79 bits per heavy atom. The highest BCUT2D eigenvalue weighted by molar-refractivity contribution is 6.30. The first kappa shape index (κ1) is 16.7. The Balaban J connectivity index is 1.50. The molecular formula is C17H19ClN4O2. The molecule has 1 aliphatic rings. The molecule has 1 aliphatic heterocycles. The van der Waals surface area contributed by atoms with Crippen molar-refractivity contribution in [2.75, 3.05) is 31.6 Å². The van der Waals surface area contributed by atoms with E-state index in [2.05, 4.69) is 15.3 Å². The monoisotopic (exact) mass is 346 g/mol.